The second-order valence-electron chi connectivity index (χ2n) is 3.93. The van der Waals surface area contributed by atoms with Crippen LogP contribution >= 0.6 is 22.6 Å². The zero-order valence-corrected chi connectivity index (χ0v) is 11.6. The van der Waals surface area contributed by atoms with Crippen LogP contribution < -0.4 is 5.32 Å². The van der Waals surface area contributed by atoms with Crippen LogP contribution in [0.1, 0.15) is 18.5 Å². The lowest BCUT2D eigenvalue weighted by Gasteiger charge is -2.15. The average molecular weight is 341 g/mol. The van der Waals surface area contributed by atoms with Crippen LogP contribution in [0, 0.1) is 9.39 Å². The molecule has 0 bridgehead atoms. The summed E-state index contributed by atoms with van der Waals surface area (Å²) in [5, 5.41) is 3.28. The second kappa shape index (κ2) is 5.49. The highest BCUT2D eigenvalue weighted by molar-refractivity contribution is 14.1. The number of anilines is 1. The molecule has 2 aromatic carbocycles. The van der Waals surface area contributed by atoms with Crippen molar-refractivity contribution in [2.24, 2.45) is 0 Å². The fourth-order valence-corrected chi connectivity index (χ4v) is 2.02. The Morgan fingerprint density at radius 1 is 1.12 bits per heavy atom. The van der Waals surface area contributed by atoms with Crippen LogP contribution in [0.3, 0.4) is 0 Å². The van der Waals surface area contributed by atoms with E-state index >= 15 is 0 Å². The third-order valence-electron chi connectivity index (χ3n) is 2.58. The largest absolute Gasteiger partial charge is 0.378 e. The molecule has 0 aliphatic rings. The molecule has 0 saturated carbocycles. The number of hydrogen-bond acceptors (Lipinski definition) is 1. The number of halogens is 2. The minimum Gasteiger partial charge on any atom is -0.378 e. The molecule has 1 unspecified atom stereocenters. The fourth-order valence-electron chi connectivity index (χ4n) is 1.66. The summed E-state index contributed by atoms with van der Waals surface area (Å²) in [5.74, 6) is -0.218. The van der Waals surface area contributed by atoms with E-state index in [0.29, 0.717) is 0 Å². The Labute approximate surface area is 114 Å². The summed E-state index contributed by atoms with van der Waals surface area (Å²) in [4.78, 5) is 0. The van der Waals surface area contributed by atoms with Gasteiger partial charge >= 0.3 is 0 Å². The molecule has 0 aromatic heterocycles. The first kappa shape index (κ1) is 12.4. The summed E-state index contributed by atoms with van der Waals surface area (Å²) in [6, 6.07) is 15.0. The first-order chi connectivity index (χ1) is 8.15. The van der Waals surface area contributed by atoms with Gasteiger partial charge in [-0.05, 0) is 65.4 Å². The number of hydrogen-bond donors (Lipinski definition) is 1. The first-order valence-corrected chi connectivity index (χ1v) is 6.50. The molecule has 1 nitrogen and oxygen atoms in total. The van der Waals surface area contributed by atoms with Gasteiger partial charge in [0.15, 0.2) is 0 Å². The van der Waals surface area contributed by atoms with Gasteiger partial charge in [0, 0.05) is 15.3 Å². The van der Waals surface area contributed by atoms with Crippen molar-refractivity contribution < 1.29 is 4.39 Å². The lowest BCUT2D eigenvalue weighted by Crippen LogP contribution is -2.06. The number of rotatable bonds is 3. The minimum absolute atomic E-state index is 0.161. The maximum Gasteiger partial charge on any atom is 0.125 e. The van der Waals surface area contributed by atoms with Gasteiger partial charge in [0.1, 0.15) is 5.82 Å². The molecule has 2 aromatic rings. The van der Waals surface area contributed by atoms with E-state index < -0.39 is 0 Å². The van der Waals surface area contributed by atoms with Crippen molar-refractivity contribution in [3.05, 3.63) is 63.5 Å². The lowest BCUT2D eigenvalue weighted by atomic mass is 10.1. The topological polar surface area (TPSA) is 12.0 Å². The van der Waals surface area contributed by atoms with Crippen LogP contribution in [-0.2, 0) is 0 Å². The quantitative estimate of drug-likeness (QED) is 0.805. The molecule has 3 heteroatoms. The fraction of sp³-hybridized carbons (Fsp3) is 0.143. The van der Waals surface area contributed by atoms with Crippen molar-refractivity contribution in [3.63, 3.8) is 0 Å². The molecule has 0 saturated heterocycles. The van der Waals surface area contributed by atoms with Crippen LogP contribution in [0.25, 0.3) is 0 Å². The Hall–Kier alpha value is -1.10. The molecule has 0 amide bonds. The molecule has 88 valence electrons. The summed E-state index contributed by atoms with van der Waals surface area (Å²) in [5.41, 5.74) is 1.99. The van der Waals surface area contributed by atoms with Gasteiger partial charge < -0.3 is 5.32 Å². The monoisotopic (exact) mass is 341 g/mol. The Balaban J connectivity index is 2.11. The molecular formula is C14H13FIN. The third-order valence-corrected chi connectivity index (χ3v) is 3.30. The number of nitrogens with one attached hydrogen (secondary N) is 1. The molecule has 1 atom stereocenters. The lowest BCUT2D eigenvalue weighted by molar-refractivity contribution is 0.628. The molecule has 0 heterocycles. The SMILES string of the molecule is CC(Nc1cccc(F)c1)c1ccc(I)cc1. The van der Waals surface area contributed by atoms with Crippen molar-refractivity contribution in [3.8, 4) is 0 Å². The van der Waals surface area contributed by atoms with E-state index in [-0.39, 0.29) is 11.9 Å². The molecule has 2 rings (SSSR count). The average Bonchev–Trinajstić information content (AvgIpc) is 2.29. The minimum atomic E-state index is -0.218. The molecule has 0 fully saturated rings. The molecule has 0 spiro atoms. The molecule has 17 heavy (non-hydrogen) atoms. The van der Waals surface area contributed by atoms with Gasteiger partial charge in [0.25, 0.3) is 0 Å². The van der Waals surface area contributed by atoms with Crippen molar-refractivity contribution >= 4 is 28.3 Å². The van der Waals surface area contributed by atoms with Crippen LogP contribution in [0.15, 0.2) is 48.5 Å². The van der Waals surface area contributed by atoms with E-state index in [9.17, 15) is 4.39 Å². The van der Waals surface area contributed by atoms with Gasteiger partial charge in [0.05, 0.1) is 0 Å². The van der Waals surface area contributed by atoms with E-state index in [1.54, 1.807) is 6.07 Å². The summed E-state index contributed by atoms with van der Waals surface area (Å²) >= 11 is 2.28. The van der Waals surface area contributed by atoms with Crippen molar-refractivity contribution in [1.29, 1.82) is 0 Å². The normalized spacial score (nSPS) is 12.2. The van der Waals surface area contributed by atoms with Crippen LogP contribution in [0.4, 0.5) is 10.1 Å². The Kier molecular flexibility index (Phi) is 3.99. The maximum absolute atomic E-state index is 13.0. The van der Waals surface area contributed by atoms with Crippen molar-refractivity contribution in [2.45, 2.75) is 13.0 Å². The smallest absolute Gasteiger partial charge is 0.125 e. The zero-order chi connectivity index (χ0) is 12.3. The van der Waals surface area contributed by atoms with E-state index in [0.717, 1.165) is 5.69 Å². The van der Waals surface area contributed by atoms with E-state index in [1.165, 1.54) is 21.3 Å². The Morgan fingerprint density at radius 3 is 2.47 bits per heavy atom. The molecular weight excluding hydrogens is 328 g/mol. The van der Waals surface area contributed by atoms with E-state index in [1.807, 2.05) is 6.07 Å². The Bertz CT molecular complexity index is 496. The molecule has 0 aliphatic carbocycles. The van der Waals surface area contributed by atoms with Crippen LogP contribution in [-0.4, -0.2) is 0 Å². The number of benzene rings is 2. The van der Waals surface area contributed by atoms with Gasteiger partial charge in [-0.25, -0.2) is 4.39 Å². The molecule has 0 radical (unpaired) electrons. The molecule has 0 aliphatic heterocycles. The van der Waals surface area contributed by atoms with Crippen LogP contribution in [0.2, 0.25) is 0 Å². The zero-order valence-electron chi connectivity index (χ0n) is 9.45. The van der Waals surface area contributed by atoms with E-state index in [4.69, 9.17) is 0 Å². The van der Waals surface area contributed by atoms with Gasteiger partial charge in [-0.2, -0.15) is 0 Å². The van der Waals surface area contributed by atoms with Crippen molar-refractivity contribution in [2.75, 3.05) is 5.32 Å². The highest BCUT2D eigenvalue weighted by Crippen LogP contribution is 2.20. The highest BCUT2D eigenvalue weighted by atomic mass is 127. The standard InChI is InChI=1S/C14H13FIN/c1-10(11-5-7-13(16)8-6-11)17-14-4-2-3-12(15)9-14/h2-10,17H,1H3. The van der Waals surface area contributed by atoms with Crippen LogP contribution in [0.5, 0.6) is 0 Å². The second-order valence-corrected chi connectivity index (χ2v) is 5.17. The highest BCUT2D eigenvalue weighted by Gasteiger charge is 2.05. The summed E-state index contributed by atoms with van der Waals surface area (Å²) in [6.07, 6.45) is 0. The van der Waals surface area contributed by atoms with Crippen molar-refractivity contribution in [1.82, 2.24) is 0 Å². The molecule has 1 N–H and O–H groups in total. The summed E-state index contributed by atoms with van der Waals surface area (Å²) in [6.45, 7) is 2.06. The van der Waals surface area contributed by atoms with Gasteiger partial charge in [-0.3, -0.25) is 0 Å². The third kappa shape index (κ3) is 3.43. The van der Waals surface area contributed by atoms with E-state index in [2.05, 4.69) is 59.1 Å². The Morgan fingerprint density at radius 2 is 1.82 bits per heavy atom. The predicted octanol–water partition coefficient (Wildman–Crippen LogP) is 4.60. The summed E-state index contributed by atoms with van der Waals surface area (Å²) in [7, 11) is 0. The maximum atomic E-state index is 13.0. The first-order valence-electron chi connectivity index (χ1n) is 5.43. The van der Waals surface area contributed by atoms with Gasteiger partial charge in [0.2, 0.25) is 0 Å². The summed E-state index contributed by atoms with van der Waals surface area (Å²) < 4.78 is 14.2. The van der Waals surface area contributed by atoms with Gasteiger partial charge in [-0.15, -0.1) is 0 Å². The van der Waals surface area contributed by atoms with Gasteiger partial charge in [-0.1, -0.05) is 18.2 Å². The predicted molar refractivity (Wildman–Crippen MR) is 77.6 cm³/mol.